The molecule has 1 N–H and O–H groups in total. The van der Waals surface area contributed by atoms with Gasteiger partial charge in [-0.2, -0.15) is 0 Å². The average Bonchev–Trinajstić information content (AvgIpc) is 3.15. The predicted octanol–water partition coefficient (Wildman–Crippen LogP) is 2.34. The number of hydrogen-bond donors (Lipinski definition) is 1. The van der Waals surface area contributed by atoms with Gasteiger partial charge in [-0.25, -0.2) is 4.79 Å². The number of likely N-dealkylation sites (tertiary alicyclic amines) is 3. The van der Waals surface area contributed by atoms with E-state index in [4.69, 9.17) is 0 Å². The monoisotopic (exact) mass is 335 g/mol. The maximum atomic E-state index is 12.1. The summed E-state index contributed by atoms with van der Waals surface area (Å²) in [7, 11) is 0. The summed E-state index contributed by atoms with van der Waals surface area (Å²) in [6.45, 7) is 4.70. The van der Waals surface area contributed by atoms with Crippen LogP contribution in [0.15, 0.2) is 0 Å². The van der Waals surface area contributed by atoms with Crippen molar-refractivity contribution in [1.82, 2.24) is 14.7 Å². The van der Waals surface area contributed by atoms with E-state index in [9.17, 15) is 14.7 Å². The lowest BCUT2D eigenvalue weighted by molar-refractivity contribution is -0.147. The maximum absolute atomic E-state index is 12.1. The van der Waals surface area contributed by atoms with E-state index in [2.05, 4.69) is 16.7 Å². The maximum Gasteiger partial charge on any atom is 0.408 e. The molecule has 2 atom stereocenters. The fraction of sp³-hybridized carbons (Fsp3) is 0.889. The Balaban J connectivity index is 1.42. The van der Waals surface area contributed by atoms with Gasteiger partial charge >= 0.3 is 6.09 Å². The Kier molecular flexibility index (Phi) is 3.98. The normalized spacial score (nSPS) is 34.1. The third kappa shape index (κ3) is 2.41. The van der Waals surface area contributed by atoms with Gasteiger partial charge in [-0.05, 0) is 39.0 Å². The molecule has 2 amide bonds. The molecule has 3 heterocycles. The first kappa shape index (κ1) is 16.2. The Hall–Kier alpha value is -1.30. The van der Waals surface area contributed by atoms with E-state index < -0.39 is 6.09 Å². The van der Waals surface area contributed by atoms with Gasteiger partial charge in [0.05, 0.1) is 6.17 Å². The molecule has 0 radical (unpaired) electrons. The number of nitrogens with zero attached hydrogens (tertiary/aromatic N) is 3. The summed E-state index contributed by atoms with van der Waals surface area (Å²) in [4.78, 5) is 29.9. The van der Waals surface area contributed by atoms with Crippen molar-refractivity contribution in [1.29, 1.82) is 0 Å². The van der Waals surface area contributed by atoms with Crippen molar-refractivity contribution in [2.45, 2.75) is 76.5 Å². The highest BCUT2D eigenvalue weighted by Crippen LogP contribution is 2.52. The molecule has 4 fully saturated rings. The van der Waals surface area contributed by atoms with Crippen LogP contribution in [0.2, 0.25) is 0 Å². The summed E-state index contributed by atoms with van der Waals surface area (Å²) < 4.78 is 0. The highest BCUT2D eigenvalue weighted by molar-refractivity contribution is 5.79. The molecule has 1 aliphatic carbocycles. The summed E-state index contributed by atoms with van der Waals surface area (Å²) >= 11 is 0. The van der Waals surface area contributed by atoms with Crippen molar-refractivity contribution in [3.63, 3.8) is 0 Å². The summed E-state index contributed by atoms with van der Waals surface area (Å²) in [5, 5.41) is 9.52. The second-order valence-electron chi connectivity index (χ2n) is 8.31. The van der Waals surface area contributed by atoms with Crippen molar-refractivity contribution in [2.24, 2.45) is 5.41 Å². The van der Waals surface area contributed by atoms with E-state index in [-0.39, 0.29) is 11.6 Å². The fourth-order valence-corrected chi connectivity index (χ4v) is 5.80. The smallest absolute Gasteiger partial charge is 0.408 e. The van der Waals surface area contributed by atoms with Crippen LogP contribution in [0.5, 0.6) is 0 Å². The van der Waals surface area contributed by atoms with E-state index in [0.717, 1.165) is 32.4 Å². The summed E-state index contributed by atoms with van der Waals surface area (Å²) in [6.07, 6.45) is 7.75. The molecule has 1 unspecified atom stereocenters. The molecular weight excluding hydrogens is 306 g/mol. The Morgan fingerprint density at radius 2 is 1.83 bits per heavy atom. The number of carbonyl (C=O) groups is 2. The van der Waals surface area contributed by atoms with Crippen molar-refractivity contribution >= 4 is 12.0 Å². The summed E-state index contributed by atoms with van der Waals surface area (Å²) in [6, 6.07) is 0.721. The quantitative estimate of drug-likeness (QED) is 0.841. The molecule has 6 heteroatoms. The first-order valence-electron chi connectivity index (χ1n) is 9.57. The molecule has 6 nitrogen and oxygen atoms in total. The zero-order valence-electron chi connectivity index (χ0n) is 14.6. The van der Waals surface area contributed by atoms with Gasteiger partial charge in [-0.1, -0.05) is 12.8 Å². The Morgan fingerprint density at radius 3 is 2.38 bits per heavy atom. The fourth-order valence-electron chi connectivity index (χ4n) is 5.80. The highest BCUT2D eigenvalue weighted by Gasteiger charge is 2.58. The zero-order valence-corrected chi connectivity index (χ0v) is 14.6. The number of amides is 2. The number of carboxylic acid groups (broad SMARTS) is 1. The molecule has 4 rings (SSSR count). The molecule has 3 aliphatic heterocycles. The molecule has 0 bridgehead atoms. The van der Waals surface area contributed by atoms with E-state index in [1.54, 1.807) is 4.90 Å². The van der Waals surface area contributed by atoms with Crippen molar-refractivity contribution in [3.05, 3.63) is 0 Å². The molecule has 0 aromatic rings. The van der Waals surface area contributed by atoms with E-state index in [1.165, 1.54) is 25.7 Å². The number of piperidine rings is 1. The molecule has 1 spiro atoms. The van der Waals surface area contributed by atoms with Crippen molar-refractivity contribution in [2.75, 3.05) is 19.6 Å². The van der Waals surface area contributed by atoms with E-state index >= 15 is 0 Å². The molecular formula is C18H29N3O3. The summed E-state index contributed by atoms with van der Waals surface area (Å²) in [5.41, 5.74) is 0.210. The summed E-state index contributed by atoms with van der Waals surface area (Å²) in [5.74, 6) is 0.309. The van der Waals surface area contributed by atoms with Gasteiger partial charge in [-0.15, -0.1) is 0 Å². The minimum atomic E-state index is -0.775. The van der Waals surface area contributed by atoms with Crippen LogP contribution in [0.4, 0.5) is 4.79 Å². The largest absolute Gasteiger partial charge is 0.465 e. The van der Waals surface area contributed by atoms with Gasteiger partial charge in [0, 0.05) is 43.6 Å². The number of carbonyl (C=O) groups excluding carboxylic acids is 1. The zero-order chi connectivity index (χ0) is 16.9. The lowest BCUT2D eigenvalue weighted by Gasteiger charge is -2.60. The first-order chi connectivity index (χ1) is 11.5. The van der Waals surface area contributed by atoms with E-state index in [1.807, 2.05) is 0 Å². The molecule has 0 aromatic heterocycles. The van der Waals surface area contributed by atoms with Crippen LogP contribution >= 0.6 is 0 Å². The van der Waals surface area contributed by atoms with Crippen LogP contribution in [-0.4, -0.2) is 69.7 Å². The first-order valence-corrected chi connectivity index (χ1v) is 9.57. The lowest BCUT2D eigenvalue weighted by atomic mass is 9.73. The van der Waals surface area contributed by atoms with Gasteiger partial charge in [0.15, 0.2) is 0 Å². The van der Waals surface area contributed by atoms with Gasteiger partial charge in [0.1, 0.15) is 0 Å². The SMILES string of the molecule is C[C@H]1CCC(=O)N1C1CCN(C2N(C(=O)O)CC23CCCC3)CC1. The van der Waals surface area contributed by atoms with Gasteiger partial charge in [0.2, 0.25) is 5.91 Å². The van der Waals surface area contributed by atoms with Gasteiger partial charge in [0.25, 0.3) is 0 Å². The molecule has 24 heavy (non-hydrogen) atoms. The van der Waals surface area contributed by atoms with Crippen LogP contribution in [0, 0.1) is 5.41 Å². The highest BCUT2D eigenvalue weighted by atomic mass is 16.4. The number of hydrogen-bond acceptors (Lipinski definition) is 3. The second kappa shape index (κ2) is 5.90. The number of rotatable bonds is 2. The van der Waals surface area contributed by atoms with Crippen LogP contribution in [-0.2, 0) is 4.79 Å². The van der Waals surface area contributed by atoms with Crippen LogP contribution in [0.25, 0.3) is 0 Å². The molecule has 0 aromatic carbocycles. The second-order valence-corrected chi connectivity index (χ2v) is 8.31. The van der Waals surface area contributed by atoms with Crippen LogP contribution in [0.3, 0.4) is 0 Å². The minimum absolute atomic E-state index is 0.0742. The topological polar surface area (TPSA) is 64.1 Å². The molecule has 1 saturated carbocycles. The third-order valence-electron chi connectivity index (χ3n) is 6.95. The van der Waals surface area contributed by atoms with Gasteiger partial charge < -0.3 is 10.0 Å². The van der Waals surface area contributed by atoms with Crippen molar-refractivity contribution < 1.29 is 14.7 Å². The lowest BCUT2D eigenvalue weighted by Crippen LogP contribution is -2.72. The Labute approximate surface area is 143 Å². The van der Waals surface area contributed by atoms with E-state index in [0.29, 0.717) is 31.0 Å². The van der Waals surface area contributed by atoms with Gasteiger partial charge in [-0.3, -0.25) is 14.6 Å². The molecule has 4 aliphatic rings. The molecule has 134 valence electrons. The standard InChI is InChI=1S/C18H29N3O3/c1-13-4-5-15(22)21(13)14-6-10-19(11-7-14)16-18(8-2-3-9-18)12-20(16)17(23)24/h13-14,16H,2-12H2,1H3,(H,23,24)/t13-,16?/m0/s1. The Bertz CT molecular complexity index is 524. The molecule has 3 saturated heterocycles. The van der Waals surface area contributed by atoms with Crippen molar-refractivity contribution in [3.8, 4) is 0 Å². The van der Waals surface area contributed by atoms with Crippen LogP contribution < -0.4 is 0 Å². The predicted molar refractivity (Wildman–Crippen MR) is 89.6 cm³/mol. The minimum Gasteiger partial charge on any atom is -0.465 e. The Morgan fingerprint density at radius 1 is 1.17 bits per heavy atom. The average molecular weight is 335 g/mol. The van der Waals surface area contributed by atoms with Crippen LogP contribution in [0.1, 0.15) is 58.3 Å². The third-order valence-corrected chi connectivity index (χ3v) is 6.95.